The first-order chi connectivity index (χ1) is 12.9. The molecule has 0 fully saturated rings. The number of ether oxygens (including phenoxy) is 2. The molecule has 1 aliphatic heterocycles. The van der Waals surface area contributed by atoms with Crippen molar-refractivity contribution in [3.63, 3.8) is 0 Å². The molecule has 0 amide bonds. The smallest absolute Gasteiger partial charge is 0.161 e. The minimum Gasteiger partial charge on any atom is -0.490 e. The second-order valence-corrected chi connectivity index (χ2v) is 7.37. The predicted octanol–water partition coefficient (Wildman–Crippen LogP) is 4.51. The molecule has 1 aliphatic rings. The van der Waals surface area contributed by atoms with Gasteiger partial charge in [0.2, 0.25) is 0 Å². The fourth-order valence-corrected chi connectivity index (χ4v) is 3.75. The largest absolute Gasteiger partial charge is 0.490 e. The number of fused-ring (bicyclic) bond motifs is 1. The Morgan fingerprint density at radius 3 is 2.50 bits per heavy atom. The van der Waals surface area contributed by atoms with E-state index in [1.807, 2.05) is 17.6 Å². The van der Waals surface area contributed by atoms with Crippen molar-refractivity contribution < 1.29 is 9.47 Å². The van der Waals surface area contributed by atoms with Gasteiger partial charge in [0.15, 0.2) is 11.5 Å². The Hall–Kier alpha value is -2.37. The van der Waals surface area contributed by atoms with Gasteiger partial charge in [-0.05, 0) is 23.3 Å². The molecule has 0 N–H and O–H groups in total. The third-order valence-electron chi connectivity index (χ3n) is 4.31. The summed E-state index contributed by atoms with van der Waals surface area (Å²) < 4.78 is 11.6. The van der Waals surface area contributed by atoms with Crippen LogP contribution in [-0.4, -0.2) is 23.1 Å². The van der Waals surface area contributed by atoms with Crippen LogP contribution in [-0.2, 0) is 19.6 Å². The van der Waals surface area contributed by atoms with E-state index in [2.05, 4.69) is 52.3 Å². The van der Waals surface area contributed by atoms with Crippen molar-refractivity contribution in [3.8, 4) is 11.5 Å². The van der Waals surface area contributed by atoms with Gasteiger partial charge in [-0.3, -0.25) is 4.90 Å². The highest BCUT2D eigenvalue weighted by atomic mass is 32.1. The van der Waals surface area contributed by atoms with Crippen molar-refractivity contribution in [2.45, 2.75) is 26.1 Å². The van der Waals surface area contributed by atoms with Crippen molar-refractivity contribution in [3.05, 3.63) is 76.2 Å². The quantitative estimate of drug-likeness (QED) is 0.643. The molecular formula is C21H22N2O2S. The third kappa shape index (κ3) is 4.42. The fraction of sp³-hybridized carbons (Fsp3) is 0.286. The van der Waals surface area contributed by atoms with Crippen molar-refractivity contribution in [1.29, 1.82) is 0 Å². The highest BCUT2D eigenvalue weighted by Crippen LogP contribution is 2.31. The molecule has 26 heavy (non-hydrogen) atoms. The highest BCUT2D eigenvalue weighted by molar-refractivity contribution is 7.09. The summed E-state index contributed by atoms with van der Waals surface area (Å²) in [6.45, 7) is 3.99. The van der Waals surface area contributed by atoms with E-state index in [-0.39, 0.29) is 0 Å². The van der Waals surface area contributed by atoms with Gasteiger partial charge in [0, 0.05) is 31.1 Å². The molecule has 1 aromatic heterocycles. The molecule has 3 aromatic rings. The second-order valence-electron chi connectivity index (χ2n) is 6.39. The fourth-order valence-electron chi connectivity index (χ4n) is 3.10. The van der Waals surface area contributed by atoms with E-state index in [1.165, 1.54) is 11.1 Å². The molecule has 0 saturated carbocycles. The zero-order chi connectivity index (χ0) is 17.6. The first-order valence-electron chi connectivity index (χ1n) is 8.90. The molecule has 2 heterocycles. The lowest BCUT2D eigenvalue weighted by Gasteiger charge is -2.22. The molecule has 0 spiro atoms. The Morgan fingerprint density at radius 2 is 1.69 bits per heavy atom. The summed E-state index contributed by atoms with van der Waals surface area (Å²) in [6, 6.07) is 16.8. The maximum atomic E-state index is 5.84. The van der Waals surface area contributed by atoms with Crippen LogP contribution in [0.25, 0.3) is 0 Å². The third-order valence-corrected chi connectivity index (χ3v) is 5.07. The Morgan fingerprint density at radius 1 is 0.885 bits per heavy atom. The first-order valence-corrected chi connectivity index (χ1v) is 9.78. The SMILES string of the molecule is c1ccc(CN(Cc2ccc3c(c2)OCCCO3)Cc2nccs2)cc1. The summed E-state index contributed by atoms with van der Waals surface area (Å²) in [5.74, 6) is 1.70. The lowest BCUT2D eigenvalue weighted by atomic mass is 10.1. The first kappa shape index (κ1) is 17.1. The topological polar surface area (TPSA) is 34.6 Å². The number of thiazole rings is 1. The van der Waals surface area contributed by atoms with Gasteiger partial charge in [-0.1, -0.05) is 36.4 Å². The summed E-state index contributed by atoms with van der Waals surface area (Å²) in [5, 5.41) is 3.17. The summed E-state index contributed by atoms with van der Waals surface area (Å²) in [4.78, 5) is 6.86. The predicted molar refractivity (Wildman–Crippen MR) is 104 cm³/mol. The summed E-state index contributed by atoms with van der Waals surface area (Å²) in [5.41, 5.74) is 2.53. The molecule has 4 rings (SSSR count). The number of hydrogen-bond acceptors (Lipinski definition) is 5. The molecule has 0 atom stereocenters. The second kappa shape index (κ2) is 8.34. The number of rotatable bonds is 6. The molecule has 4 nitrogen and oxygen atoms in total. The molecule has 2 aromatic carbocycles. The van der Waals surface area contributed by atoms with E-state index >= 15 is 0 Å². The highest BCUT2D eigenvalue weighted by Gasteiger charge is 2.14. The van der Waals surface area contributed by atoms with Crippen LogP contribution < -0.4 is 9.47 Å². The summed E-state index contributed by atoms with van der Waals surface area (Å²) in [7, 11) is 0. The molecule has 0 radical (unpaired) electrons. The Kier molecular flexibility index (Phi) is 5.47. The van der Waals surface area contributed by atoms with E-state index in [4.69, 9.17) is 9.47 Å². The average molecular weight is 366 g/mol. The zero-order valence-corrected chi connectivity index (χ0v) is 15.5. The van der Waals surface area contributed by atoms with Gasteiger partial charge in [0.25, 0.3) is 0 Å². The van der Waals surface area contributed by atoms with E-state index in [9.17, 15) is 0 Å². The van der Waals surface area contributed by atoms with Crippen LogP contribution in [0.15, 0.2) is 60.1 Å². The van der Waals surface area contributed by atoms with Crippen LogP contribution in [0, 0.1) is 0 Å². The molecule has 0 bridgehead atoms. The standard InChI is InChI=1S/C21H22N2O2S/c1-2-5-17(6-3-1)14-23(16-21-22-9-12-26-21)15-18-7-8-19-20(13-18)25-11-4-10-24-19/h1-3,5-9,12-13H,4,10-11,14-16H2. The van der Waals surface area contributed by atoms with E-state index in [1.54, 1.807) is 11.3 Å². The minimum atomic E-state index is 0.712. The maximum absolute atomic E-state index is 5.84. The van der Waals surface area contributed by atoms with E-state index in [0.29, 0.717) is 6.61 Å². The Balaban J connectivity index is 1.53. The van der Waals surface area contributed by atoms with Crippen LogP contribution in [0.3, 0.4) is 0 Å². The van der Waals surface area contributed by atoms with Crippen LogP contribution in [0.2, 0.25) is 0 Å². The van der Waals surface area contributed by atoms with Crippen LogP contribution in [0.5, 0.6) is 11.5 Å². The van der Waals surface area contributed by atoms with Crippen molar-refractivity contribution >= 4 is 11.3 Å². The lowest BCUT2D eigenvalue weighted by Crippen LogP contribution is -2.22. The van der Waals surface area contributed by atoms with Gasteiger partial charge in [0.05, 0.1) is 19.8 Å². The maximum Gasteiger partial charge on any atom is 0.161 e. The number of hydrogen-bond donors (Lipinski definition) is 0. The molecule has 134 valence electrons. The number of benzene rings is 2. The van der Waals surface area contributed by atoms with Crippen LogP contribution in [0.4, 0.5) is 0 Å². The number of aromatic nitrogens is 1. The summed E-state index contributed by atoms with van der Waals surface area (Å²) in [6.07, 6.45) is 2.79. The molecular weight excluding hydrogens is 344 g/mol. The zero-order valence-electron chi connectivity index (χ0n) is 14.6. The van der Waals surface area contributed by atoms with Crippen molar-refractivity contribution in [1.82, 2.24) is 9.88 Å². The number of nitrogens with zero attached hydrogens (tertiary/aromatic N) is 2. The monoisotopic (exact) mass is 366 g/mol. The van der Waals surface area contributed by atoms with Gasteiger partial charge in [-0.15, -0.1) is 11.3 Å². The van der Waals surface area contributed by atoms with Crippen LogP contribution >= 0.6 is 11.3 Å². The van der Waals surface area contributed by atoms with Crippen molar-refractivity contribution in [2.75, 3.05) is 13.2 Å². The van der Waals surface area contributed by atoms with E-state index in [0.717, 1.165) is 49.2 Å². The molecule has 0 saturated heterocycles. The summed E-state index contributed by atoms with van der Waals surface area (Å²) >= 11 is 1.70. The van der Waals surface area contributed by atoms with Gasteiger partial charge >= 0.3 is 0 Å². The van der Waals surface area contributed by atoms with Gasteiger partial charge in [-0.25, -0.2) is 4.98 Å². The minimum absolute atomic E-state index is 0.712. The molecule has 5 heteroatoms. The molecule has 0 aliphatic carbocycles. The molecule has 0 unspecified atom stereocenters. The lowest BCUT2D eigenvalue weighted by molar-refractivity contribution is 0.246. The van der Waals surface area contributed by atoms with Gasteiger partial charge in [-0.2, -0.15) is 0 Å². The van der Waals surface area contributed by atoms with Crippen LogP contribution in [0.1, 0.15) is 22.6 Å². The normalized spacial score (nSPS) is 13.6. The van der Waals surface area contributed by atoms with Gasteiger partial charge < -0.3 is 9.47 Å². The average Bonchev–Trinajstić information content (AvgIpc) is 3.05. The Bertz CT molecular complexity index is 821. The Labute approximate surface area is 158 Å². The van der Waals surface area contributed by atoms with Crippen molar-refractivity contribution in [2.24, 2.45) is 0 Å². The van der Waals surface area contributed by atoms with Gasteiger partial charge in [0.1, 0.15) is 5.01 Å². The van der Waals surface area contributed by atoms with E-state index < -0.39 is 0 Å².